The quantitative estimate of drug-likeness (QED) is 0.926. The molecule has 1 aliphatic rings. The number of rotatable bonds is 3. The molecule has 7 nitrogen and oxygen atoms in total. The fraction of sp³-hybridized carbons (Fsp3) is 0.375. The third-order valence-electron chi connectivity index (χ3n) is 4.38. The molecule has 1 atom stereocenters. The van der Waals surface area contributed by atoms with E-state index in [9.17, 15) is 19.1 Å². The molecule has 1 unspecified atom stereocenters. The molecule has 126 valence electrons. The molecule has 0 spiro atoms. The SMILES string of the molecule is Cc1nc(C(=O)N2CCCC2(C)C(=O)O)nn1-c1ccc(F)cc1. The molecule has 1 aromatic heterocycles. The van der Waals surface area contributed by atoms with E-state index in [0.717, 1.165) is 0 Å². The first kappa shape index (κ1) is 16.1. The number of carboxylic acid groups (broad SMARTS) is 1. The van der Waals surface area contributed by atoms with Gasteiger partial charge < -0.3 is 10.0 Å². The Morgan fingerprint density at radius 3 is 2.58 bits per heavy atom. The number of halogens is 1. The van der Waals surface area contributed by atoms with Crippen LogP contribution in [0.4, 0.5) is 4.39 Å². The lowest BCUT2D eigenvalue weighted by atomic mass is 9.99. The molecule has 24 heavy (non-hydrogen) atoms. The number of benzene rings is 1. The molecule has 1 saturated heterocycles. The van der Waals surface area contributed by atoms with Crippen molar-refractivity contribution in [3.8, 4) is 5.69 Å². The molecular formula is C16H17FN4O3. The summed E-state index contributed by atoms with van der Waals surface area (Å²) in [5.74, 6) is -1.53. The fourth-order valence-corrected chi connectivity index (χ4v) is 2.94. The number of carboxylic acids is 1. The highest BCUT2D eigenvalue weighted by molar-refractivity contribution is 5.95. The van der Waals surface area contributed by atoms with Crippen molar-refractivity contribution in [1.82, 2.24) is 19.7 Å². The van der Waals surface area contributed by atoms with Crippen LogP contribution in [0, 0.1) is 12.7 Å². The molecule has 0 aliphatic carbocycles. The van der Waals surface area contributed by atoms with E-state index in [1.165, 1.54) is 40.8 Å². The van der Waals surface area contributed by atoms with Crippen molar-refractivity contribution in [2.45, 2.75) is 32.2 Å². The van der Waals surface area contributed by atoms with Crippen LogP contribution in [-0.4, -0.2) is 48.7 Å². The highest BCUT2D eigenvalue weighted by atomic mass is 19.1. The van der Waals surface area contributed by atoms with Crippen LogP contribution in [0.1, 0.15) is 36.2 Å². The summed E-state index contributed by atoms with van der Waals surface area (Å²) < 4.78 is 14.5. The Morgan fingerprint density at radius 2 is 1.96 bits per heavy atom. The Labute approximate surface area is 137 Å². The summed E-state index contributed by atoms with van der Waals surface area (Å²) >= 11 is 0. The van der Waals surface area contributed by atoms with E-state index in [4.69, 9.17) is 0 Å². The van der Waals surface area contributed by atoms with Gasteiger partial charge in [-0.25, -0.2) is 18.9 Å². The maximum Gasteiger partial charge on any atom is 0.329 e. The molecule has 2 heterocycles. The van der Waals surface area contributed by atoms with Crippen LogP contribution in [0.15, 0.2) is 24.3 Å². The van der Waals surface area contributed by atoms with Gasteiger partial charge in [-0.05, 0) is 51.0 Å². The van der Waals surface area contributed by atoms with Gasteiger partial charge in [0.1, 0.15) is 17.2 Å². The molecule has 2 aromatic rings. The minimum atomic E-state index is -1.24. The summed E-state index contributed by atoms with van der Waals surface area (Å²) in [5, 5.41) is 13.6. The van der Waals surface area contributed by atoms with E-state index in [-0.39, 0.29) is 11.6 Å². The number of hydrogen-bond acceptors (Lipinski definition) is 4. The first-order valence-electron chi connectivity index (χ1n) is 7.58. The van der Waals surface area contributed by atoms with Crippen LogP contribution >= 0.6 is 0 Å². The van der Waals surface area contributed by atoms with Gasteiger partial charge in [0.25, 0.3) is 5.91 Å². The van der Waals surface area contributed by atoms with Crippen LogP contribution in [0.5, 0.6) is 0 Å². The molecule has 1 N–H and O–H groups in total. The van der Waals surface area contributed by atoms with Gasteiger partial charge in [-0.15, -0.1) is 5.10 Å². The number of nitrogens with zero attached hydrogens (tertiary/aromatic N) is 4. The number of likely N-dealkylation sites (tertiary alicyclic amines) is 1. The van der Waals surface area contributed by atoms with Crippen LogP contribution in [-0.2, 0) is 4.79 Å². The first-order valence-corrected chi connectivity index (χ1v) is 7.58. The average molecular weight is 332 g/mol. The van der Waals surface area contributed by atoms with E-state index >= 15 is 0 Å². The highest BCUT2D eigenvalue weighted by Crippen LogP contribution is 2.30. The molecule has 1 aromatic carbocycles. The van der Waals surface area contributed by atoms with Crippen molar-refractivity contribution < 1.29 is 19.1 Å². The second-order valence-corrected chi connectivity index (χ2v) is 6.01. The summed E-state index contributed by atoms with van der Waals surface area (Å²) in [6.07, 6.45) is 1.01. The van der Waals surface area contributed by atoms with Crippen molar-refractivity contribution in [2.24, 2.45) is 0 Å². The third kappa shape index (κ3) is 2.53. The zero-order valence-electron chi connectivity index (χ0n) is 13.4. The topological polar surface area (TPSA) is 88.3 Å². The Morgan fingerprint density at radius 1 is 1.29 bits per heavy atom. The average Bonchev–Trinajstić information content (AvgIpc) is 3.12. The molecule has 1 aliphatic heterocycles. The van der Waals surface area contributed by atoms with E-state index in [2.05, 4.69) is 10.1 Å². The van der Waals surface area contributed by atoms with Crippen LogP contribution < -0.4 is 0 Å². The third-order valence-corrected chi connectivity index (χ3v) is 4.38. The number of hydrogen-bond donors (Lipinski definition) is 1. The number of aliphatic carboxylic acids is 1. The Hall–Kier alpha value is -2.77. The lowest BCUT2D eigenvalue weighted by molar-refractivity contribution is -0.147. The van der Waals surface area contributed by atoms with Gasteiger partial charge >= 0.3 is 5.97 Å². The highest BCUT2D eigenvalue weighted by Gasteiger charge is 2.47. The minimum absolute atomic E-state index is 0.0637. The van der Waals surface area contributed by atoms with Gasteiger partial charge in [0, 0.05) is 6.54 Å². The van der Waals surface area contributed by atoms with Crippen molar-refractivity contribution in [3.63, 3.8) is 0 Å². The van der Waals surface area contributed by atoms with Crippen LogP contribution in [0.3, 0.4) is 0 Å². The standard InChI is InChI=1S/C16H17FN4O3/c1-10-18-13(19-21(10)12-6-4-11(17)5-7-12)14(22)20-9-3-8-16(20,2)15(23)24/h4-7H,3,8-9H2,1-2H3,(H,23,24). The van der Waals surface area contributed by atoms with Crippen molar-refractivity contribution in [1.29, 1.82) is 0 Å². The van der Waals surface area contributed by atoms with Crippen molar-refractivity contribution >= 4 is 11.9 Å². The predicted octanol–water partition coefficient (Wildman–Crippen LogP) is 1.79. The van der Waals surface area contributed by atoms with E-state index in [1.807, 2.05) is 0 Å². The molecule has 3 rings (SSSR count). The van der Waals surface area contributed by atoms with Crippen molar-refractivity contribution in [3.05, 3.63) is 41.7 Å². The molecular weight excluding hydrogens is 315 g/mol. The van der Waals surface area contributed by atoms with Gasteiger partial charge in [-0.2, -0.15) is 0 Å². The number of carbonyl (C=O) groups excluding carboxylic acids is 1. The van der Waals surface area contributed by atoms with Gasteiger partial charge in [-0.1, -0.05) is 0 Å². The smallest absolute Gasteiger partial charge is 0.329 e. The van der Waals surface area contributed by atoms with Gasteiger partial charge in [-0.3, -0.25) is 4.79 Å². The normalized spacial score (nSPS) is 20.4. The van der Waals surface area contributed by atoms with E-state index in [0.29, 0.717) is 30.9 Å². The summed E-state index contributed by atoms with van der Waals surface area (Å²) in [4.78, 5) is 29.7. The molecule has 0 bridgehead atoms. The summed E-state index contributed by atoms with van der Waals surface area (Å²) in [6, 6.07) is 5.64. The summed E-state index contributed by atoms with van der Waals surface area (Å²) in [7, 11) is 0. The molecule has 0 radical (unpaired) electrons. The molecule has 1 amide bonds. The number of aromatic nitrogens is 3. The number of amides is 1. The summed E-state index contributed by atoms with van der Waals surface area (Å²) in [6.45, 7) is 3.56. The lowest BCUT2D eigenvalue weighted by Gasteiger charge is -2.30. The summed E-state index contributed by atoms with van der Waals surface area (Å²) in [5.41, 5.74) is -0.672. The maximum absolute atomic E-state index is 13.0. The fourth-order valence-electron chi connectivity index (χ4n) is 2.94. The Balaban J connectivity index is 1.93. The minimum Gasteiger partial charge on any atom is -0.480 e. The molecule has 0 saturated carbocycles. The largest absolute Gasteiger partial charge is 0.480 e. The van der Waals surface area contributed by atoms with E-state index < -0.39 is 17.4 Å². The number of aryl methyl sites for hydroxylation is 1. The second kappa shape index (κ2) is 5.70. The zero-order chi connectivity index (χ0) is 17.5. The zero-order valence-corrected chi connectivity index (χ0v) is 13.4. The Bertz CT molecular complexity index is 802. The molecule has 1 fully saturated rings. The van der Waals surface area contributed by atoms with Gasteiger partial charge in [0.15, 0.2) is 0 Å². The first-order chi connectivity index (χ1) is 11.3. The van der Waals surface area contributed by atoms with Crippen LogP contribution in [0.2, 0.25) is 0 Å². The van der Waals surface area contributed by atoms with Crippen LogP contribution in [0.25, 0.3) is 5.69 Å². The monoisotopic (exact) mass is 332 g/mol. The van der Waals surface area contributed by atoms with E-state index in [1.54, 1.807) is 6.92 Å². The van der Waals surface area contributed by atoms with Gasteiger partial charge in [0.2, 0.25) is 5.82 Å². The van der Waals surface area contributed by atoms with Crippen molar-refractivity contribution in [2.75, 3.05) is 6.54 Å². The maximum atomic E-state index is 13.0. The second-order valence-electron chi connectivity index (χ2n) is 6.01. The number of carbonyl (C=O) groups is 2. The predicted molar refractivity (Wildman–Crippen MR) is 82.4 cm³/mol. The molecule has 8 heteroatoms. The lowest BCUT2D eigenvalue weighted by Crippen LogP contribution is -2.51. The Kier molecular flexibility index (Phi) is 3.82. The van der Waals surface area contributed by atoms with Gasteiger partial charge in [0.05, 0.1) is 5.69 Å².